The van der Waals surface area contributed by atoms with E-state index >= 15 is 0 Å². The minimum absolute atomic E-state index is 0.0329. The van der Waals surface area contributed by atoms with E-state index in [4.69, 9.17) is 4.74 Å². The van der Waals surface area contributed by atoms with Gasteiger partial charge in [0, 0.05) is 6.04 Å². The lowest BCUT2D eigenvalue weighted by atomic mass is 9.96. The SMILES string of the molecule is CCS(=O)(=O)c1ccccc1C(=O)OC(C)C(=O)NC(=O)NC1CCCCC1. The van der Waals surface area contributed by atoms with Crippen LogP contribution in [-0.4, -0.2) is 44.2 Å². The first kappa shape index (κ1) is 21.9. The number of amides is 3. The number of hydrogen-bond acceptors (Lipinski definition) is 6. The van der Waals surface area contributed by atoms with E-state index in [1.807, 2.05) is 0 Å². The highest BCUT2D eigenvalue weighted by molar-refractivity contribution is 7.91. The molecule has 8 nitrogen and oxygen atoms in total. The number of carbonyl (C=O) groups is 3. The van der Waals surface area contributed by atoms with Crippen LogP contribution in [0.1, 0.15) is 56.3 Å². The van der Waals surface area contributed by atoms with E-state index < -0.39 is 33.8 Å². The molecule has 0 saturated heterocycles. The molecule has 0 aromatic heterocycles. The van der Waals surface area contributed by atoms with Gasteiger partial charge in [-0.25, -0.2) is 18.0 Å². The minimum Gasteiger partial charge on any atom is -0.449 e. The molecular formula is C19H26N2O6S. The average molecular weight is 410 g/mol. The third kappa shape index (κ3) is 5.79. The van der Waals surface area contributed by atoms with E-state index in [1.54, 1.807) is 0 Å². The number of nitrogens with one attached hydrogen (secondary N) is 2. The van der Waals surface area contributed by atoms with E-state index in [9.17, 15) is 22.8 Å². The Bertz CT molecular complexity index is 831. The number of rotatable bonds is 6. The Labute approximate surface area is 164 Å². The fourth-order valence-electron chi connectivity index (χ4n) is 3.02. The summed E-state index contributed by atoms with van der Waals surface area (Å²) in [5.41, 5.74) is -0.143. The first-order valence-corrected chi connectivity index (χ1v) is 11.0. The van der Waals surface area contributed by atoms with Gasteiger partial charge in [-0.1, -0.05) is 38.3 Å². The third-order valence-electron chi connectivity index (χ3n) is 4.65. The fourth-order valence-corrected chi connectivity index (χ4v) is 4.10. The minimum atomic E-state index is -3.63. The van der Waals surface area contributed by atoms with Crippen LogP contribution in [0.3, 0.4) is 0 Å². The molecule has 1 aliphatic rings. The summed E-state index contributed by atoms with van der Waals surface area (Å²) < 4.78 is 29.4. The standard InChI is InChI=1S/C19H26N2O6S/c1-3-28(25,26)16-12-8-7-11-15(16)18(23)27-13(2)17(22)21-19(24)20-14-9-5-4-6-10-14/h7-8,11-14H,3-6,9-10H2,1-2H3,(H2,20,21,22,24). The molecule has 2 N–H and O–H groups in total. The van der Waals surface area contributed by atoms with Crippen molar-refractivity contribution >= 4 is 27.7 Å². The van der Waals surface area contributed by atoms with Gasteiger partial charge in [0.1, 0.15) is 0 Å². The first-order chi connectivity index (χ1) is 13.2. The van der Waals surface area contributed by atoms with Crippen molar-refractivity contribution in [2.75, 3.05) is 5.75 Å². The molecule has 1 aliphatic carbocycles. The summed E-state index contributed by atoms with van der Waals surface area (Å²) in [6, 6.07) is 5.06. The highest BCUT2D eigenvalue weighted by Crippen LogP contribution is 2.19. The zero-order valence-corrected chi connectivity index (χ0v) is 16.9. The Morgan fingerprint density at radius 3 is 2.43 bits per heavy atom. The number of ether oxygens (including phenoxy) is 1. The number of benzene rings is 1. The maximum atomic E-state index is 12.4. The van der Waals surface area contributed by atoms with Crippen LogP contribution < -0.4 is 10.6 Å². The van der Waals surface area contributed by atoms with Crippen LogP contribution >= 0.6 is 0 Å². The van der Waals surface area contributed by atoms with Crippen molar-refractivity contribution in [3.8, 4) is 0 Å². The summed E-state index contributed by atoms with van der Waals surface area (Å²) in [5.74, 6) is -1.89. The maximum absolute atomic E-state index is 12.4. The molecule has 0 heterocycles. The number of carbonyl (C=O) groups excluding carboxylic acids is 3. The highest BCUT2D eigenvalue weighted by Gasteiger charge is 2.26. The zero-order valence-electron chi connectivity index (χ0n) is 16.1. The first-order valence-electron chi connectivity index (χ1n) is 9.38. The Morgan fingerprint density at radius 2 is 1.79 bits per heavy atom. The molecule has 1 aromatic carbocycles. The monoisotopic (exact) mass is 410 g/mol. The lowest BCUT2D eigenvalue weighted by Crippen LogP contribution is -2.48. The lowest BCUT2D eigenvalue weighted by Gasteiger charge is -2.23. The van der Waals surface area contributed by atoms with Crippen molar-refractivity contribution in [3.05, 3.63) is 29.8 Å². The van der Waals surface area contributed by atoms with Gasteiger partial charge in [-0.2, -0.15) is 0 Å². The van der Waals surface area contributed by atoms with Gasteiger partial charge < -0.3 is 10.1 Å². The third-order valence-corrected chi connectivity index (χ3v) is 6.44. The average Bonchev–Trinajstić information content (AvgIpc) is 2.68. The predicted molar refractivity (Wildman–Crippen MR) is 103 cm³/mol. The Balaban J connectivity index is 1.96. The van der Waals surface area contributed by atoms with Gasteiger partial charge in [0.15, 0.2) is 15.9 Å². The van der Waals surface area contributed by atoms with Gasteiger partial charge in [-0.3, -0.25) is 10.1 Å². The molecule has 1 atom stereocenters. The van der Waals surface area contributed by atoms with Gasteiger partial charge in [0.2, 0.25) is 0 Å². The number of imide groups is 1. The van der Waals surface area contributed by atoms with Crippen molar-refractivity contribution < 1.29 is 27.5 Å². The van der Waals surface area contributed by atoms with Gasteiger partial charge in [0.25, 0.3) is 5.91 Å². The van der Waals surface area contributed by atoms with Crippen molar-refractivity contribution in [1.82, 2.24) is 10.6 Å². The largest absolute Gasteiger partial charge is 0.449 e. The Kier molecular flexibility index (Phi) is 7.56. The van der Waals surface area contributed by atoms with Gasteiger partial charge in [-0.15, -0.1) is 0 Å². The maximum Gasteiger partial charge on any atom is 0.340 e. The highest BCUT2D eigenvalue weighted by atomic mass is 32.2. The molecule has 9 heteroatoms. The summed E-state index contributed by atoms with van der Waals surface area (Å²) >= 11 is 0. The summed E-state index contributed by atoms with van der Waals surface area (Å²) in [5, 5.41) is 4.89. The molecule has 28 heavy (non-hydrogen) atoms. The molecule has 2 rings (SSSR count). The normalized spacial score (nSPS) is 16.1. The predicted octanol–water partition coefficient (Wildman–Crippen LogP) is 2.18. The van der Waals surface area contributed by atoms with E-state index in [0.29, 0.717) is 0 Å². The molecule has 1 unspecified atom stereocenters. The molecule has 154 valence electrons. The molecule has 0 aliphatic heterocycles. The Hall–Kier alpha value is -2.42. The van der Waals surface area contributed by atoms with Gasteiger partial charge in [0.05, 0.1) is 16.2 Å². The molecule has 0 radical (unpaired) electrons. The van der Waals surface area contributed by atoms with Crippen LogP contribution in [0.5, 0.6) is 0 Å². The number of urea groups is 1. The van der Waals surface area contributed by atoms with Crippen LogP contribution in [-0.2, 0) is 19.4 Å². The molecular weight excluding hydrogens is 384 g/mol. The number of esters is 1. The quantitative estimate of drug-likeness (QED) is 0.694. The van der Waals surface area contributed by atoms with Crippen molar-refractivity contribution in [2.24, 2.45) is 0 Å². The van der Waals surface area contributed by atoms with Crippen LogP contribution in [0.4, 0.5) is 4.79 Å². The summed E-state index contributed by atoms with van der Waals surface area (Å²) in [7, 11) is -3.63. The van der Waals surface area contributed by atoms with Crippen LogP contribution in [0.25, 0.3) is 0 Å². The van der Waals surface area contributed by atoms with Crippen LogP contribution in [0, 0.1) is 0 Å². The summed E-state index contributed by atoms with van der Waals surface area (Å²) in [6.45, 7) is 2.79. The smallest absolute Gasteiger partial charge is 0.340 e. The molecule has 0 bridgehead atoms. The van der Waals surface area contributed by atoms with Gasteiger partial charge >= 0.3 is 12.0 Å². The van der Waals surface area contributed by atoms with Crippen molar-refractivity contribution in [2.45, 2.75) is 63.0 Å². The number of hydrogen-bond donors (Lipinski definition) is 2. The second-order valence-corrected chi connectivity index (χ2v) is 8.99. The van der Waals surface area contributed by atoms with Gasteiger partial charge in [-0.05, 0) is 31.9 Å². The Morgan fingerprint density at radius 1 is 1.14 bits per heavy atom. The second kappa shape index (κ2) is 9.68. The molecule has 0 spiro atoms. The second-order valence-electron chi connectivity index (χ2n) is 6.74. The van der Waals surface area contributed by atoms with E-state index in [0.717, 1.165) is 32.1 Å². The van der Waals surface area contributed by atoms with E-state index in [2.05, 4.69) is 10.6 Å². The van der Waals surface area contributed by atoms with Crippen molar-refractivity contribution in [3.63, 3.8) is 0 Å². The topological polar surface area (TPSA) is 119 Å². The summed E-state index contributed by atoms with van der Waals surface area (Å²) in [6.07, 6.45) is 3.69. The van der Waals surface area contributed by atoms with E-state index in [1.165, 1.54) is 38.1 Å². The van der Waals surface area contributed by atoms with E-state index in [-0.39, 0.29) is 22.3 Å². The van der Waals surface area contributed by atoms with Crippen molar-refractivity contribution in [1.29, 1.82) is 0 Å². The number of sulfone groups is 1. The summed E-state index contributed by atoms with van der Waals surface area (Å²) in [4.78, 5) is 36.3. The molecule has 1 aromatic rings. The fraction of sp³-hybridized carbons (Fsp3) is 0.526. The molecule has 3 amide bonds. The molecule has 1 fully saturated rings. The van der Waals surface area contributed by atoms with Crippen LogP contribution in [0.2, 0.25) is 0 Å². The van der Waals surface area contributed by atoms with Crippen LogP contribution in [0.15, 0.2) is 29.2 Å². The zero-order chi connectivity index (χ0) is 20.7. The lowest BCUT2D eigenvalue weighted by molar-refractivity contribution is -0.127. The molecule has 1 saturated carbocycles.